The van der Waals surface area contributed by atoms with E-state index in [1.807, 2.05) is 11.8 Å². The van der Waals surface area contributed by atoms with E-state index in [1.54, 1.807) is 12.5 Å². The topological polar surface area (TPSA) is 83.4 Å². The second kappa shape index (κ2) is 16.3. The largest absolute Gasteiger partial charge is 0.467 e. The van der Waals surface area contributed by atoms with E-state index in [0.717, 1.165) is 23.0 Å². The number of esters is 1. The molecule has 1 N–H and O–H groups in total. The Hall–Kier alpha value is -2.39. The molecule has 2 aromatic carbocycles. The molecule has 3 rings (SSSR count). The van der Waals surface area contributed by atoms with Gasteiger partial charge in [0, 0.05) is 24.5 Å². The van der Waals surface area contributed by atoms with Crippen molar-refractivity contribution in [2.45, 2.75) is 38.6 Å². The molecule has 7 nitrogen and oxygen atoms in total. The van der Waals surface area contributed by atoms with Crippen LogP contribution in [-0.2, 0) is 14.3 Å². The highest BCUT2D eigenvalue weighted by Gasteiger charge is 2.26. The molecule has 0 heterocycles. The number of thioether (sulfide) groups is 1. The van der Waals surface area contributed by atoms with Crippen molar-refractivity contribution in [2.75, 3.05) is 29.1 Å². The van der Waals surface area contributed by atoms with Gasteiger partial charge in [-0.25, -0.2) is 4.79 Å². The van der Waals surface area contributed by atoms with E-state index in [9.17, 15) is 9.59 Å². The van der Waals surface area contributed by atoms with Crippen molar-refractivity contribution in [2.24, 2.45) is 10.2 Å². The molecule has 1 atom stereocenters. The zero-order valence-electron chi connectivity index (χ0n) is 19.5. The number of rotatable bonds is 10. The third-order valence-electron chi connectivity index (χ3n) is 4.86. The van der Waals surface area contributed by atoms with Crippen LogP contribution < -0.4 is 10.2 Å². The van der Waals surface area contributed by atoms with Crippen molar-refractivity contribution in [3.05, 3.63) is 42.0 Å². The summed E-state index contributed by atoms with van der Waals surface area (Å²) in [6, 6.07) is 13.0. The molecule has 1 aliphatic carbocycles. The maximum Gasteiger partial charge on any atom is 0.328 e. The van der Waals surface area contributed by atoms with Crippen LogP contribution in [0, 0.1) is 0 Å². The van der Waals surface area contributed by atoms with Gasteiger partial charge in [-0.1, -0.05) is 53.2 Å². The summed E-state index contributed by atoms with van der Waals surface area (Å²) >= 11 is 5.60. The van der Waals surface area contributed by atoms with Crippen LogP contribution in [0.15, 0.2) is 46.6 Å². The Bertz CT molecular complexity index is 902. The van der Waals surface area contributed by atoms with Crippen LogP contribution in [0.1, 0.15) is 38.2 Å². The third kappa shape index (κ3) is 9.55. The van der Waals surface area contributed by atoms with Crippen LogP contribution in [0.5, 0.6) is 0 Å². The normalized spacial score (nSPS) is 12.7. The average molecular weight is 538 g/mol. The number of fused-ring (bicyclic) bond motifs is 1. The molecular formula is C24H33BrN4O3S. The van der Waals surface area contributed by atoms with Crippen LogP contribution in [-0.4, -0.2) is 56.0 Å². The van der Waals surface area contributed by atoms with E-state index in [-0.39, 0.29) is 0 Å². The number of amides is 1. The number of nitrogens with zero attached hydrogens (tertiary/aromatic N) is 3. The smallest absolute Gasteiger partial charge is 0.328 e. The van der Waals surface area contributed by atoms with E-state index in [4.69, 9.17) is 0 Å². The van der Waals surface area contributed by atoms with Gasteiger partial charge in [0.1, 0.15) is 6.04 Å². The number of benzene rings is 2. The summed E-state index contributed by atoms with van der Waals surface area (Å²) in [4.78, 5) is 22.6. The van der Waals surface area contributed by atoms with Gasteiger partial charge in [-0.05, 0) is 48.5 Å². The molecule has 180 valence electrons. The fourth-order valence-electron chi connectivity index (χ4n) is 3.05. The molecule has 1 saturated carbocycles. The fourth-order valence-corrected chi connectivity index (χ4v) is 4.36. The molecule has 2 aromatic rings. The zero-order chi connectivity index (χ0) is 24.6. The van der Waals surface area contributed by atoms with Crippen LogP contribution in [0.3, 0.4) is 0 Å². The fraction of sp³-hybridized carbons (Fsp3) is 0.417. The van der Waals surface area contributed by atoms with Gasteiger partial charge in [0.2, 0.25) is 6.41 Å². The highest BCUT2D eigenvalue weighted by molar-refractivity contribution is 9.09. The number of carbonyl (C=O) groups excluding carboxylic acids is 2. The van der Waals surface area contributed by atoms with Crippen LogP contribution >= 0.6 is 27.7 Å². The molecule has 9 heteroatoms. The highest BCUT2D eigenvalue weighted by Crippen LogP contribution is 2.44. The van der Waals surface area contributed by atoms with Gasteiger partial charge in [0.25, 0.3) is 0 Å². The van der Waals surface area contributed by atoms with Gasteiger partial charge in [0.15, 0.2) is 0 Å². The molecule has 0 spiro atoms. The first-order valence-electron chi connectivity index (χ1n) is 10.6. The second-order valence-electron chi connectivity index (χ2n) is 7.09. The average Bonchev–Trinajstić information content (AvgIpc) is 3.70. The summed E-state index contributed by atoms with van der Waals surface area (Å²) in [6.45, 7) is 9.76. The number of nitrogens with one attached hydrogen (secondary N) is 1. The van der Waals surface area contributed by atoms with Crippen LogP contribution in [0.2, 0.25) is 0 Å². The monoisotopic (exact) mass is 536 g/mol. The Morgan fingerprint density at radius 3 is 2.39 bits per heavy atom. The van der Waals surface area contributed by atoms with Gasteiger partial charge in [-0.15, -0.1) is 11.8 Å². The first-order valence-corrected chi connectivity index (χ1v) is 12.9. The Morgan fingerprint density at radius 2 is 1.91 bits per heavy atom. The maximum absolute atomic E-state index is 10.5. The van der Waals surface area contributed by atoms with E-state index < -0.39 is 12.0 Å². The van der Waals surface area contributed by atoms with E-state index in [1.165, 1.54) is 36.4 Å². The predicted octanol–water partition coefficient (Wildman–Crippen LogP) is 5.18. The maximum atomic E-state index is 10.5. The number of methoxy groups -OCH3 is 1. The number of anilines is 1. The van der Waals surface area contributed by atoms with Gasteiger partial charge in [-0.2, -0.15) is 10.2 Å². The lowest BCUT2D eigenvalue weighted by Crippen LogP contribution is -2.33. The minimum absolute atomic E-state index is 0.442. The zero-order valence-corrected chi connectivity index (χ0v) is 21.9. The predicted molar refractivity (Wildman–Crippen MR) is 145 cm³/mol. The molecule has 33 heavy (non-hydrogen) atoms. The van der Waals surface area contributed by atoms with E-state index in [2.05, 4.69) is 97.8 Å². The quantitative estimate of drug-likeness (QED) is 0.0859. The van der Waals surface area contributed by atoms with E-state index in [0.29, 0.717) is 6.41 Å². The van der Waals surface area contributed by atoms with Crippen molar-refractivity contribution in [1.29, 1.82) is 0 Å². The lowest BCUT2D eigenvalue weighted by molar-refractivity contribution is -0.143. The number of hydrogen-bond acceptors (Lipinski definition) is 7. The summed E-state index contributed by atoms with van der Waals surface area (Å²) in [5.41, 5.74) is 3.78. The molecule has 0 radical (unpaired) electrons. The van der Waals surface area contributed by atoms with Gasteiger partial charge in [-0.3, -0.25) is 4.79 Å². The molecule has 0 aliphatic heterocycles. The third-order valence-corrected chi connectivity index (χ3v) is 6.37. The van der Waals surface area contributed by atoms with Crippen molar-refractivity contribution in [3.8, 4) is 0 Å². The number of ether oxygens (including phenoxy) is 1. The van der Waals surface area contributed by atoms with E-state index >= 15 is 0 Å². The second-order valence-corrected chi connectivity index (χ2v) is 8.83. The summed E-state index contributed by atoms with van der Waals surface area (Å²) < 4.78 is 4.30. The standard InChI is InChI=1S/C17H20BrNS.C5H9NO3.C2H4N2/c1-2-20-12-19(11-18)17-10-9-14(13-7-8-13)15-5-3-4-6-16(15)17;1-4(6-3-7)5(8)9-2;1-3-4-2/h3-6,9-10,13H,2,7-8,11-12H2,1H3;3-4H,1-2H3,(H,6,7);1-2H2. The molecule has 0 saturated heterocycles. The molecule has 1 unspecified atom stereocenters. The first kappa shape index (κ1) is 28.6. The minimum atomic E-state index is -0.549. The van der Waals surface area contributed by atoms with Gasteiger partial charge in [0.05, 0.1) is 18.4 Å². The lowest BCUT2D eigenvalue weighted by Gasteiger charge is -2.24. The van der Waals surface area contributed by atoms with Crippen molar-refractivity contribution >= 4 is 70.0 Å². The van der Waals surface area contributed by atoms with Crippen LogP contribution in [0.4, 0.5) is 5.69 Å². The van der Waals surface area contributed by atoms with Gasteiger partial charge >= 0.3 is 5.97 Å². The Balaban J connectivity index is 0.000000351. The summed E-state index contributed by atoms with van der Waals surface area (Å²) in [5.74, 6) is 2.55. The molecule has 0 aromatic heterocycles. The molecule has 1 aliphatic rings. The Labute approximate surface area is 209 Å². The SMILES string of the molecule is C=NN=C.CCSCN(CBr)c1ccc(C2CC2)c2ccccc12.COC(=O)C(C)NC=O. The van der Waals surface area contributed by atoms with Gasteiger partial charge < -0.3 is 15.0 Å². The summed E-state index contributed by atoms with van der Waals surface area (Å²) in [5, 5.41) is 11.1. The summed E-state index contributed by atoms with van der Waals surface area (Å²) in [6.07, 6.45) is 3.18. The molecular weight excluding hydrogens is 504 g/mol. The Morgan fingerprint density at radius 1 is 1.27 bits per heavy atom. The number of carbonyl (C=O) groups is 2. The summed E-state index contributed by atoms with van der Waals surface area (Å²) in [7, 11) is 1.27. The van der Waals surface area contributed by atoms with Crippen molar-refractivity contribution in [3.63, 3.8) is 0 Å². The molecule has 1 fully saturated rings. The first-order chi connectivity index (χ1) is 16.0. The number of hydrogen-bond donors (Lipinski definition) is 1. The highest BCUT2D eigenvalue weighted by atomic mass is 79.9. The van der Waals surface area contributed by atoms with Crippen LogP contribution in [0.25, 0.3) is 10.8 Å². The number of alkyl halides is 1. The minimum Gasteiger partial charge on any atom is -0.467 e. The Kier molecular flexibility index (Phi) is 14.1. The molecule has 1 amide bonds. The van der Waals surface area contributed by atoms with Crippen molar-refractivity contribution < 1.29 is 14.3 Å². The molecule has 0 bridgehead atoms. The van der Waals surface area contributed by atoms with Crippen molar-refractivity contribution in [1.82, 2.24) is 5.32 Å². The number of halogens is 1. The lowest BCUT2D eigenvalue weighted by atomic mass is 9.99.